The van der Waals surface area contributed by atoms with Gasteiger partial charge >= 0.3 is 6.09 Å². The van der Waals surface area contributed by atoms with Crippen molar-refractivity contribution in [2.24, 2.45) is 0 Å². The van der Waals surface area contributed by atoms with Gasteiger partial charge in [-0.2, -0.15) is 0 Å². The number of hydrogen-bond acceptors (Lipinski definition) is 4. The number of rotatable bonds is 2. The maximum atomic E-state index is 12.2. The van der Waals surface area contributed by atoms with E-state index in [1.54, 1.807) is 31.2 Å². The smallest absolute Gasteiger partial charge is 0.436 e. The van der Waals surface area contributed by atoms with E-state index < -0.39 is 11.7 Å². The van der Waals surface area contributed by atoms with E-state index in [1.165, 1.54) is 18.7 Å². The van der Waals surface area contributed by atoms with Gasteiger partial charge in [0.2, 0.25) is 0 Å². The van der Waals surface area contributed by atoms with Gasteiger partial charge < -0.3 is 4.74 Å². The lowest BCUT2D eigenvalue weighted by Crippen LogP contribution is -2.31. The Bertz CT molecular complexity index is 726. The lowest BCUT2D eigenvalue weighted by molar-refractivity contribution is 0.101. The highest BCUT2D eigenvalue weighted by molar-refractivity contribution is 5.95. The molecule has 0 unspecified atom stereocenters. The monoisotopic (exact) mass is 274 g/mol. The van der Waals surface area contributed by atoms with Gasteiger partial charge in [-0.1, -0.05) is 18.2 Å². The molecule has 0 aliphatic carbocycles. The van der Waals surface area contributed by atoms with Crippen LogP contribution in [0.25, 0.3) is 5.69 Å². The molecule has 0 atom stereocenters. The number of ether oxygens (including phenoxy) is 1. The Labute approximate surface area is 115 Å². The largest absolute Gasteiger partial charge is 0.451 e. The molecule has 6 heteroatoms. The second-order valence-electron chi connectivity index (χ2n) is 4.25. The molecule has 6 nitrogen and oxygen atoms in total. The van der Waals surface area contributed by atoms with Gasteiger partial charge in [-0.3, -0.25) is 9.59 Å². The summed E-state index contributed by atoms with van der Waals surface area (Å²) < 4.78 is 6.82. The van der Waals surface area contributed by atoms with E-state index in [0.29, 0.717) is 11.4 Å². The highest BCUT2D eigenvalue weighted by atomic mass is 16.5. The number of carbonyl (C=O) groups is 2. The molecule has 20 heavy (non-hydrogen) atoms. The van der Waals surface area contributed by atoms with Crippen LogP contribution in [0.1, 0.15) is 23.0 Å². The minimum absolute atomic E-state index is 0.0146. The Morgan fingerprint density at radius 3 is 2.25 bits per heavy atom. The number of aromatic nitrogens is 2. The SMILES string of the molecule is COC(=O)n1c(=O)c(C(C)=O)c(C)n1-c1ccccc1. The molecule has 1 heterocycles. The number of nitrogens with zero attached hydrogens (tertiary/aromatic N) is 2. The number of para-hydroxylation sites is 1. The summed E-state index contributed by atoms with van der Waals surface area (Å²) in [6.45, 7) is 2.91. The zero-order valence-electron chi connectivity index (χ0n) is 11.4. The lowest BCUT2D eigenvalue weighted by atomic mass is 10.2. The Hall–Kier alpha value is -2.63. The molecule has 0 fully saturated rings. The van der Waals surface area contributed by atoms with Crippen LogP contribution in [0.2, 0.25) is 0 Å². The molecule has 0 saturated carbocycles. The van der Waals surface area contributed by atoms with E-state index in [-0.39, 0.29) is 11.3 Å². The van der Waals surface area contributed by atoms with Crippen molar-refractivity contribution in [3.8, 4) is 5.69 Å². The number of methoxy groups -OCH3 is 1. The molecule has 0 aliphatic rings. The fourth-order valence-corrected chi connectivity index (χ4v) is 2.14. The predicted molar refractivity (Wildman–Crippen MR) is 72.6 cm³/mol. The minimum Gasteiger partial charge on any atom is -0.451 e. The van der Waals surface area contributed by atoms with Crippen molar-refractivity contribution in [1.29, 1.82) is 0 Å². The van der Waals surface area contributed by atoms with E-state index in [4.69, 9.17) is 0 Å². The first-order chi connectivity index (χ1) is 9.49. The number of hydrogen-bond donors (Lipinski definition) is 0. The van der Waals surface area contributed by atoms with Gasteiger partial charge in [0.25, 0.3) is 5.56 Å². The van der Waals surface area contributed by atoms with Crippen LogP contribution in [0.3, 0.4) is 0 Å². The van der Waals surface area contributed by atoms with Gasteiger partial charge in [0, 0.05) is 0 Å². The number of ketones is 1. The topological polar surface area (TPSA) is 70.3 Å². The molecular formula is C14H14N2O4. The summed E-state index contributed by atoms with van der Waals surface area (Å²) in [7, 11) is 1.18. The average Bonchev–Trinajstić information content (AvgIpc) is 2.70. The summed E-state index contributed by atoms with van der Waals surface area (Å²) in [6.07, 6.45) is -0.838. The van der Waals surface area contributed by atoms with E-state index >= 15 is 0 Å². The molecule has 2 aromatic rings. The lowest BCUT2D eigenvalue weighted by Gasteiger charge is -2.11. The summed E-state index contributed by atoms with van der Waals surface area (Å²) in [5.74, 6) is -0.389. The van der Waals surface area contributed by atoms with Crippen LogP contribution in [0.5, 0.6) is 0 Å². The quantitative estimate of drug-likeness (QED) is 0.782. The number of benzene rings is 1. The minimum atomic E-state index is -0.838. The van der Waals surface area contributed by atoms with Crippen LogP contribution in [-0.4, -0.2) is 28.3 Å². The van der Waals surface area contributed by atoms with Crippen LogP contribution >= 0.6 is 0 Å². The third-order valence-electron chi connectivity index (χ3n) is 2.99. The first kappa shape index (κ1) is 13.8. The molecule has 0 N–H and O–H groups in total. The highest BCUT2D eigenvalue weighted by Crippen LogP contribution is 2.14. The second kappa shape index (κ2) is 5.16. The Morgan fingerprint density at radius 2 is 1.75 bits per heavy atom. The van der Waals surface area contributed by atoms with Crippen molar-refractivity contribution < 1.29 is 14.3 Å². The van der Waals surface area contributed by atoms with Crippen molar-refractivity contribution in [2.75, 3.05) is 7.11 Å². The first-order valence-corrected chi connectivity index (χ1v) is 5.98. The Kier molecular flexibility index (Phi) is 3.56. The van der Waals surface area contributed by atoms with Crippen LogP contribution in [-0.2, 0) is 4.74 Å². The second-order valence-corrected chi connectivity index (χ2v) is 4.25. The Balaban J connectivity index is 2.86. The fraction of sp³-hybridized carbons (Fsp3) is 0.214. The van der Waals surface area contributed by atoms with E-state index in [9.17, 15) is 14.4 Å². The molecule has 0 bridgehead atoms. The van der Waals surface area contributed by atoms with E-state index in [1.807, 2.05) is 6.07 Å². The standard InChI is InChI=1S/C14H14N2O4/c1-9-12(10(2)17)13(18)16(14(19)20-3)15(9)11-7-5-4-6-8-11/h4-8H,1-3H3. The average molecular weight is 274 g/mol. The maximum Gasteiger partial charge on any atom is 0.436 e. The van der Waals surface area contributed by atoms with Gasteiger partial charge in [-0.25, -0.2) is 9.48 Å². The summed E-state index contributed by atoms with van der Waals surface area (Å²) in [4.78, 5) is 35.7. The molecular weight excluding hydrogens is 260 g/mol. The fourth-order valence-electron chi connectivity index (χ4n) is 2.14. The van der Waals surface area contributed by atoms with Crippen LogP contribution in [0, 0.1) is 6.92 Å². The van der Waals surface area contributed by atoms with Crippen molar-refractivity contribution in [1.82, 2.24) is 9.36 Å². The van der Waals surface area contributed by atoms with Gasteiger partial charge in [0.1, 0.15) is 5.56 Å². The van der Waals surface area contributed by atoms with Gasteiger partial charge in [0.05, 0.1) is 18.5 Å². The maximum absolute atomic E-state index is 12.2. The molecule has 0 aliphatic heterocycles. The third-order valence-corrected chi connectivity index (χ3v) is 2.99. The molecule has 0 radical (unpaired) electrons. The van der Waals surface area contributed by atoms with Gasteiger partial charge in [0.15, 0.2) is 5.78 Å². The summed E-state index contributed by atoms with van der Waals surface area (Å²) in [6, 6.07) is 8.82. The van der Waals surface area contributed by atoms with Crippen molar-refractivity contribution >= 4 is 11.9 Å². The third kappa shape index (κ3) is 2.05. The molecule has 0 amide bonds. The van der Waals surface area contributed by atoms with Crippen molar-refractivity contribution in [3.05, 3.63) is 51.9 Å². The molecule has 104 valence electrons. The molecule has 2 rings (SSSR count). The predicted octanol–water partition coefficient (Wildman–Crippen LogP) is 1.76. The van der Waals surface area contributed by atoms with E-state index in [0.717, 1.165) is 4.68 Å². The summed E-state index contributed by atoms with van der Waals surface area (Å²) in [5, 5.41) is 0. The zero-order chi connectivity index (χ0) is 14.9. The first-order valence-electron chi connectivity index (χ1n) is 5.98. The molecule has 0 spiro atoms. The number of Topliss-reactive ketones (excluding diaryl/α,β-unsaturated/α-hetero) is 1. The summed E-state index contributed by atoms with van der Waals surface area (Å²) in [5.41, 5.74) is 0.309. The van der Waals surface area contributed by atoms with Crippen LogP contribution in [0.15, 0.2) is 35.1 Å². The summed E-state index contributed by atoms with van der Waals surface area (Å²) >= 11 is 0. The van der Waals surface area contributed by atoms with Crippen molar-refractivity contribution in [2.45, 2.75) is 13.8 Å². The molecule has 0 saturated heterocycles. The van der Waals surface area contributed by atoms with Crippen molar-refractivity contribution in [3.63, 3.8) is 0 Å². The van der Waals surface area contributed by atoms with E-state index in [2.05, 4.69) is 4.74 Å². The van der Waals surface area contributed by atoms with Crippen LogP contribution < -0.4 is 5.56 Å². The normalized spacial score (nSPS) is 10.3. The highest BCUT2D eigenvalue weighted by Gasteiger charge is 2.25. The molecule has 1 aromatic carbocycles. The number of carbonyl (C=O) groups excluding carboxylic acids is 2. The van der Waals surface area contributed by atoms with Gasteiger partial charge in [-0.05, 0) is 26.0 Å². The van der Waals surface area contributed by atoms with Gasteiger partial charge in [-0.15, -0.1) is 4.68 Å². The Morgan fingerprint density at radius 1 is 1.15 bits per heavy atom. The van der Waals surface area contributed by atoms with Crippen LogP contribution in [0.4, 0.5) is 4.79 Å². The molecule has 1 aromatic heterocycles. The zero-order valence-corrected chi connectivity index (χ0v) is 11.4.